The van der Waals surface area contributed by atoms with E-state index in [4.69, 9.17) is 17.3 Å². The van der Waals surface area contributed by atoms with Crippen LogP contribution in [0.5, 0.6) is 0 Å². The molecule has 40 heavy (non-hydrogen) atoms. The van der Waals surface area contributed by atoms with Gasteiger partial charge in [0.2, 0.25) is 10.0 Å². The summed E-state index contributed by atoms with van der Waals surface area (Å²) in [5.74, 6) is -0.822. The topological polar surface area (TPSA) is 151 Å². The Bertz CT molecular complexity index is 1640. The lowest BCUT2D eigenvalue weighted by Crippen LogP contribution is -2.32. The Hall–Kier alpha value is -3.64. The van der Waals surface area contributed by atoms with Gasteiger partial charge in [0, 0.05) is 48.8 Å². The fourth-order valence-corrected chi connectivity index (χ4v) is 5.16. The van der Waals surface area contributed by atoms with Crippen LogP contribution in [-0.2, 0) is 23.0 Å². The van der Waals surface area contributed by atoms with E-state index in [2.05, 4.69) is 10.3 Å². The molecule has 2 aromatic heterocycles. The lowest BCUT2D eigenvalue weighted by molar-refractivity contribution is 0.0686. The zero-order chi connectivity index (χ0) is 29.2. The standard InChI is InChI=1S/C28H32ClN5O5S/c1-17(31-15-26(35)21-12-23(29)27(30)32-14-21)10-19-6-9-24-20(11-19)13-25(28(36)37)34(24)16-18-4-7-22(8-5-18)33(2)40(3,38)39/h4-9,11-14,17,26,31,35H,10,15-16H2,1-3H3,(H2,30,32)(H,36,37). The number of nitrogens with zero attached hydrogens (tertiary/aromatic N) is 3. The van der Waals surface area contributed by atoms with Crippen molar-refractivity contribution in [2.45, 2.75) is 32.0 Å². The van der Waals surface area contributed by atoms with E-state index in [1.807, 2.05) is 25.1 Å². The Morgan fingerprint density at radius 2 is 1.82 bits per heavy atom. The first-order valence-electron chi connectivity index (χ1n) is 12.5. The van der Waals surface area contributed by atoms with Gasteiger partial charge in [-0.05, 0) is 60.9 Å². The molecule has 212 valence electrons. The number of benzene rings is 2. The number of carbonyl (C=O) groups is 1. The number of aliphatic hydroxyl groups is 1. The molecule has 10 nitrogen and oxygen atoms in total. The smallest absolute Gasteiger partial charge is 0.352 e. The molecule has 0 radical (unpaired) electrons. The number of nitrogens with one attached hydrogen (secondary N) is 1. The fraction of sp³-hybridized carbons (Fsp3) is 0.286. The molecule has 0 spiro atoms. The van der Waals surface area contributed by atoms with Crippen LogP contribution in [0.25, 0.3) is 10.9 Å². The maximum atomic E-state index is 12.1. The van der Waals surface area contributed by atoms with Gasteiger partial charge >= 0.3 is 5.97 Å². The number of fused-ring (bicyclic) bond motifs is 1. The van der Waals surface area contributed by atoms with Gasteiger partial charge in [-0.1, -0.05) is 29.8 Å². The fourth-order valence-electron chi connectivity index (χ4n) is 4.48. The monoisotopic (exact) mass is 585 g/mol. The third-order valence-electron chi connectivity index (χ3n) is 6.80. The van der Waals surface area contributed by atoms with Crippen LogP contribution in [0, 0.1) is 0 Å². The van der Waals surface area contributed by atoms with Crippen LogP contribution >= 0.6 is 11.6 Å². The van der Waals surface area contributed by atoms with E-state index in [0.29, 0.717) is 35.8 Å². The van der Waals surface area contributed by atoms with Gasteiger partial charge in [0.25, 0.3) is 0 Å². The van der Waals surface area contributed by atoms with Gasteiger partial charge in [-0.15, -0.1) is 0 Å². The Kier molecular flexibility index (Phi) is 8.69. The van der Waals surface area contributed by atoms with E-state index >= 15 is 0 Å². The van der Waals surface area contributed by atoms with Crippen molar-refractivity contribution < 1.29 is 23.4 Å². The van der Waals surface area contributed by atoms with Crippen molar-refractivity contribution in [1.29, 1.82) is 0 Å². The summed E-state index contributed by atoms with van der Waals surface area (Å²) in [5, 5.41) is 24.8. The van der Waals surface area contributed by atoms with Gasteiger partial charge in [0.15, 0.2) is 0 Å². The number of anilines is 2. The minimum atomic E-state index is -3.38. The SMILES string of the molecule is CC(Cc1ccc2c(c1)cc(C(=O)O)n2Cc1ccc(N(C)S(C)(=O)=O)cc1)NCC(O)c1cnc(N)c(Cl)c1. The lowest BCUT2D eigenvalue weighted by atomic mass is 10.0. The number of nitrogen functional groups attached to an aromatic ring is 1. The normalized spacial score (nSPS) is 13.3. The highest BCUT2D eigenvalue weighted by Gasteiger charge is 2.17. The van der Waals surface area contributed by atoms with Crippen molar-refractivity contribution in [1.82, 2.24) is 14.9 Å². The highest BCUT2D eigenvalue weighted by molar-refractivity contribution is 7.92. The lowest BCUT2D eigenvalue weighted by Gasteiger charge is -2.18. The Balaban J connectivity index is 1.47. The summed E-state index contributed by atoms with van der Waals surface area (Å²) in [6, 6.07) is 16.1. The first-order chi connectivity index (χ1) is 18.8. The minimum absolute atomic E-state index is 0.0222. The van der Waals surface area contributed by atoms with Crippen LogP contribution in [-0.4, -0.2) is 60.0 Å². The van der Waals surface area contributed by atoms with E-state index in [0.717, 1.165) is 28.3 Å². The molecule has 4 rings (SSSR count). The molecule has 12 heteroatoms. The van der Waals surface area contributed by atoms with Crippen LogP contribution < -0.4 is 15.4 Å². The second kappa shape index (κ2) is 11.8. The number of aromatic carboxylic acids is 1. The van der Waals surface area contributed by atoms with Crippen LogP contribution in [0.4, 0.5) is 11.5 Å². The van der Waals surface area contributed by atoms with Crippen LogP contribution in [0.2, 0.25) is 5.02 Å². The summed E-state index contributed by atoms with van der Waals surface area (Å²) >= 11 is 6.01. The van der Waals surface area contributed by atoms with Gasteiger partial charge < -0.3 is 25.8 Å². The van der Waals surface area contributed by atoms with E-state index in [1.165, 1.54) is 17.5 Å². The molecule has 0 aliphatic carbocycles. The van der Waals surface area contributed by atoms with Crippen molar-refractivity contribution in [2.24, 2.45) is 0 Å². The van der Waals surface area contributed by atoms with Crippen LogP contribution in [0.3, 0.4) is 0 Å². The number of halogens is 1. The molecule has 2 aromatic carbocycles. The molecule has 0 saturated heterocycles. The molecule has 4 aromatic rings. The van der Waals surface area contributed by atoms with Crippen molar-refractivity contribution in [3.8, 4) is 0 Å². The summed E-state index contributed by atoms with van der Waals surface area (Å²) in [6.07, 6.45) is 2.49. The Morgan fingerprint density at radius 3 is 2.45 bits per heavy atom. The van der Waals surface area contributed by atoms with Gasteiger partial charge in [-0.2, -0.15) is 0 Å². The van der Waals surface area contributed by atoms with Gasteiger partial charge in [-0.25, -0.2) is 18.2 Å². The number of carboxylic acids is 1. The van der Waals surface area contributed by atoms with Crippen LogP contribution in [0.1, 0.15) is 40.2 Å². The molecule has 0 saturated carbocycles. The predicted molar refractivity (Wildman–Crippen MR) is 157 cm³/mol. The molecule has 2 heterocycles. The third-order valence-corrected chi connectivity index (χ3v) is 8.31. The molecule has 0 amide bonds. The molecule has 2 atom stereocenters. The van der Waals surface area contributed by atoms with E-state index in [-0.39, 0.29) is 17.6 Å². The van der Waals surface area contributed by atoms with Gasteiger partial charge in [0.05, 0.1) is 23.1 Å². The summed E-state index contributed by atoms with van der Waals surface area (Å²) in [7, 11) is -1.90. The largest absolute Gasteiger partial charge is 0.477 e. The first-order valence-corrected chi connectivity index (χ1v) is 14.8. The Morgan fingerprint density at radius 1 is 1.15 bits per heavy atom. The number of carboxylic acid groups (broad SMARTS) is 1. The summed E-state index contributed by atoms with van der Waals surface area (Å²) < 4.78 is 26.5. The molecule has 0 aliphatic heterocycles. The number of sulfonamides is 1. The maximum Gasteiger partial charge on any atom is 0.352 e. The summed E-state index contributed by atoms with van der Waals surface area (Å²) in [5.41, 5.74) is 9.52. The first kappa shape index (κ1) is 29.3. The quantitative estimate of drug-likeness (QED) is 0.208. The molecule has 0 fully saturated rings. The maximum absolute atomic E-state index is 12.1. The predicted octanol–water partition coefficient (Wildman–Crippen LogP) is 3.67. The zero-order valence-electron chi connectivity index (χ0n) is 22.4. The van der Waals surface area contributed by atoms with Crippen molar-refractivity contribution in [2.75, 3.05) is 29.9 Å². The molecular weight excluding hydrogens is 554 g/mol. The Labute approximate surface area is 238 Å². The summed E-state index contributed by atoms with van der Waals surface area (Å²) in [4.78, 5) is 16.0. The molecule has 2 unspecified atom stereocenters. The molecule has 0 bridgehead atoms. The summed E-state index contributed by atoms with van der Waals surface area (Å²) in [6.45, 7) is 2.61. The number of nitrogens with two attached hydrogens (primary N) is 1. The van der Waals surface area contributed by atoms with Crippen LogP contribution in [0.15, 0.2) is 60.8 Å². The third kappa shape index (κ3) is 6.73. The van der Waals surface area contributed by atoms with Crippen molar-refractivity contribution in [3.63, 3.8) is 0 Å². The molecule has 5 N–H and O–H groups in total. The molecule has 0 aliphatic rings. The number of hydrogen-bond donors (Lipinski definition) is 4. The van der Waals surface area contributed by atoms with E-state index < -0.39 is 22.1 Å². The molecular formula is C28H32ClN5O5S. The van der Waals surface area contributed by atoms with E-state index in [9.17, 15) is 23.4 Å². The van der Waals surface area contributed by atoms with Gasteiger partial charge in [0.1, 0.15) is 11.5 Å². The van der Waals surface area contributed by atoms with Crippen molar-refractivity contribution >= 4 is 50.0 Å². The average Bonchev–Trinajstić information content (AvgIpc) is 3.26. The minimum Gasteiger partial charge on any atom is -0.477 e. The van der Waals surface area contributed by atoms with Crippen molar-refractivity contribution in [3.05, 3.63) is 88.2 Å². The number of pyridine rings is 1. The number of aliphatic hydroxyl groups excluding tert-OH is 1. The number of rotatable bonds is 11. The number of aromatic nitrogens is 2. The number of hydrogen-bond acceptors (Lipinski definition) is 7. The van der Waals surface area contributed by atoms with E-state index in [1.54, 1.807) is 41.0 Å². The highest BCUT2D eigenvalue weighted by Crippen LogP contribution is 2.25. The average molecular weight is 586 g/mol. The second-order valence-electron chi connectivity index (χ2n) is 9.88. The second-order valence-corrected chi connectivity index (χ2v) is 12.3. The highest BCUT2D eigenvalue weighted by atomic mass is 35.5. The van der Waals surface area contributed by atoms with Gasteiger partial charge in [-0.3, -0.25) is 4.31 Å². The zero-order valence-corrected chi connectivity index (χ0v) is 23.9.